The Morgan fingerprint density at radius 3 is 2.42 bits per heavy atom. The topological polar surface area (TPSA) is 172 Å². The van der Waals surface area contributed by atoms with E-state index in [9.17, 15) is 48.7 Å². The van der Waals surface area contributed by atoms with Gasteiger partial charge in [0.15, 0.2) is 5.82 Å². The smallest absolute Gasteiger partial charge is 0.344 e. The van der Waals surface area contributed by atoms with Crippen LogP contribution in [0.4, 0.5) is 45.3 Å². The van der Waals surface area contributed by atoms with E-state index < -0.39 is 106 Å². The summed E-state index contributed by atoms with van der Waals surface area (Å²) in [6.07, 6.45) is -7.15. The second kappa shape index (κ2) is 15.3. The van der Waals surface area contributed by atoms with Crippen molar-refractivity contribution in [2.75, 3.05) is 11.0 Å². The Bertz CT molecular complexity index is 3300. The van der Waals surface area contributed by atoms with Gasteiger partial charge in [0.05, 0.1) is 50.5 Å². The molecule has 65 heavy (non-hydrogen) atoms. The SMILES string of the molecule is Cn1nc(NS(C)(=O)=O)c2c(Cl)ccc(-n3c([C@H](Cc4cc(F)cc(F)c4)NC(=O)Cn4nc(C(F)F)c5c4C(F)(F)[C@@H]4C[C@H]54)nc4cc(-c5ccnc(C(F)(F)F)n5)ccc4c3=O)c21. The van der Waals surface area contributed by atoms with Crippen molar-refractivity contribution >= 4 is 55.2 Å². The lowest BCUT2D eigenvalue weighted by Crippen LogP contribution is -2.38. The van der Waals surface area contributed by atoms with E-state index in [1.165, 1.54) is 42.1 Å². The summed E-state index contributed by atoms with van der Waals surface area (Å²) < 4.78 is 159. The van der Waals surface area contributed by atoms with Gasteiger partial charge >= 0.3 is 6.18 Å². The predicted octanol–water partition coefficient (Wildman–Crippen LogP) is 7.49. The summed E-state index contributed by atoms with van der Waals surface area (Å²) in [6.45, 7) is -1.08. The molecular formula is C40H28ClF9N10O4S. The summed E-state index contributed by atoms with van der Waals surface area (Å²) in [5.74, 6) is -11.2. The van der Waals surface area contributed by atoms with Gasteiger partial charge in [-0.15, -0.1) is 0 Å². The third-order valence-corrected chi connectivity index (χ3v) is 11.9. The van der Waals surface area contributed by atoms with Crippen molar-refractivity contribution in [2.24, 2.45) is 13.0 Å². The molecule has 4 aromatic heterocycles. The van der Waals surface area contributed by atoms with E-state index in [1.807, 2.05) is 0 Å². The van der Waals surface area contributed by atoms with Crippen LogP contribution in [0.5, 0.6) is 0 Å². The van der Waals surface area contributed by atoms with E-state index in [2.05, 4.69) is 30.2 Å². The first kappa shape index (κ1) is 43.7. The van der Waals surface area contributed by atoms with Crippen LogP contribution >= 0.6 is 11.6 Å². The average molecular weight is 951 g/mol. The first-order valence-electron chi connectivity index (χ1n) is 19.1. The average Bonchev–Trinajstić information content (AvgIpc) is 3.75. The maximum atomic E-state index is 15.5. The van der Waals surface area contributed by atoms with E-state index >= 15 is 8.78 Å². The molecule has 1 fully saturated rings. The highest BCUT2D eigenvalue weighted by Gasteiger charge is 2.67. The van der Waals surface area contributed by atoms with Crippen molar-refractivity contribution in [3.05, 3.63) is 122 Å². The molecule has 3 aromatic carbocycles. The number of rotatable bonds is 11. The molecule has 25 heteroatoms. The lowest BCUT2D eigenvalue weighted by atomic mass is 10.0. The van der Waals surface area contributed by atoms with Crippen molar-refractivity contribution in [1.82, 2.24) is 44.4 Å². The largest absolute Gasteiger partial charge is 0.451 e. The Morgan fingerprint density at radius 1 is 1.02 bits per heavy atom. The minimum absolute atomic E-state index is 0.000240. The van der Waals surface area contributed by atoms with E-state index in [1.54, 1.807) is 0 Å². The van der Waals surface area contributed by atoms with E-state index in [4.69, 9.17) is 16.6 Å². The molecule has 7 aromatic rings. The molecule has 2 N–H and O–H groups in total. The Balaban J connectivity index is 1.26. The van der Waals surface area contributed by atoms with Crippen LogP contribution in [0.1, 0.15) is 59.0 Å². The second-order valence-electron chi connectivity index (χ2n) is 15.5. The van der Waals surface area contributed by atoms with E-state index in [0.29, 0.717) is 10.7 Å². The molecular weight excluding hydrogens is 923 g/mol. The highest BCUT2D eigenvalue weighted by Crippen LogP contribution is 2.68. The molecule has 1 saturated carbocycles. The number of carbonyl (C=O) groups excluding carboxylic acids is 1. The molecule has 0 radical (unpaired) electrons. The molecule has 0 saturated heterocycles. The van der Waals surface area contributed by atoms with Gasteiger partial charge in [0.25, 0.3) is 17.9 Å². The van der Waals surface area contributed by atoms with Gasteiger partial charge in [-0.1, -0.05) is 17.7 Å². The minimum atomic E-state index is -4.94. The standard InChI is InChI=1S/C40H28ClF9N10O4S/c1-58-32-27(6-5-23(41)30(32)35(56-58)57-65(2,63)64)60-36(53-25-12-17(3-4-20(25)37(60)62)24-7-8-51-38(54-24)40(48,49)50)26(11-16-9-18(42)13-19(43)10-16)52-28(61)15-59-33-29(31(55-59)34(44)45)21-14-22(21)39(33,46)47/h3-10,12-13,21-22,26,34H,11,14-15H2,1-2H3,(H,52,61)(H,56,57)/t21-,22+,26-/m0/s1. The van der Waals surface area contributed by atoms with Gasteiger partial charge in [-0.05, 0) is 60.4 Å². The number of hydrogen-bond acceptors (Lipinski definition) is 9. The lowest BCUT2D eigenvalue weighted by molar-refractivity contribution is -0.144. The Kier molecular flexibility index (Phi) is 10.3. The van der Waals surface area contributed by atoms with Crippen LogP contribution in [0, 0.1) is 17.6 Å². The zero-order valence-corrected chi connectivity index (χ0v) is 34.7. The fourth-order valence-corrected chi connectivity index (χ4v) is 9.13. The molecule has 3 atom stereocenters. The molecule has 2 aliphatic rings. The summed E-state index contributed by atoms with van der Waals surface area (Å²) in [7, 11) is -2.61. The maximum Gasteiger partial charge on any atom is 0.451 e. The number of amides is 1. The number of benzene rings is 3. The molecule has 0 spiro atoms. The van der Waals surface area contributed by atoms with Crippen molar-refractivity contribution < 1.29 is 52.7 Å². The summed E-state index contributed by atoms with van der Waals surface area (Å²) in [5.41, 5.74) is -3.76. The number of carbonyl (C=O) groups is 1. The maximum absolute atomic E-state index is 15.5. The molecule has 0 unspecified atom stereocenters. The van der Waals surface area contributed by atoms with E-state index in [0.717, 1.165) is 35.2 Å². The zero-order valence-electron chi connectivity index (χ0n) is 33.1. The fourth-order valence-electron chi connectivity index (χ4n) is 8.40. The van der Waals surface area contributed by atoms with E-state index in [-0.39, 0.29) is 67.1 Å². The van der Waals surface area contributed by atoms with Gasteiger partial charge in [-0.3, -0.25) is 28.2 Å². The first-order chi connectivity index (χ1) is 30.5. The zero-order chi connectivity index (χ0) is 46.7. The van der Waals surface area contributed by atoms with Crippen LogP contribution in [0.15, 0.2) is 65.6 Å². The number of aromatic nitrogens is 8. The third kappa shape index (κ3) is 7.80. The quantitative estimate of drug-likeness (QED) is 0.125. The van der Waals surface area contributed by atoms with Gasteiger partial charge < -0.3 is 5.32 Å². The van der Waals surface area contributed by atoms with Crippen molar-refractivity contribution in [2.45, 2.75) is 49.9 Å². The monoisotopic (exact) mass is 950 g/mol. The molecule has 9 rings (SSSR count). The Labute approximate surface area is 364 Å². The molecule has 1 amide bonds. The first-order valence-corrected chi connectivity index (χ1v) is 21.4. The molecule has 4 heterocycles. The summed E-state index contributed by atoms with van der Waals surface area (Å²) in [4.78, 5) is 40.7. The van der Waals surface area contributed by atoms with Gasteiger partial charge in [0.1, 0.15) is 35.4 Å². The summed E-state index contributed by atoms with van der Waals surface area (Å²) in [6, 6.07) is 8.12. The molecule has 0 bridgehead atoms. The van der Waals surface area contributed by atoms with Crippen molar-refractivity contribution in [3.8, 4) is 16.9 Å². The predicted molar refractivity (Wildman–Crippen MR) is 214 cm³/mol. The molecule has 14 nitrogen and oxygen atoms in total. The molecule has 338 valence electrons. The van der Waals surface area contributed by atoms with Gasteiger partial charge in [-0.2, -0.15) is 32.1 Å². The van der Waals surface area contributed by atoms with Crippen LogP contribution in [0.25, 0.3) is 38.8 Å². The summed E-state index contributed by atoms with van der Waals surface area (Å²) in [5, 5.41) is 10.2. The number of alkyl halides is 7. The van der Waals surface area contributed by atoms with Gasteiger partial charge in [0.2, 0.25) is 21.8 Å². The van der Waals surface area contributed by atoms with Crippen LogP contribution < -0.4 is 15.6 Å². The number of fused-ring (bicyclic) bond motifs is 5. The van der Waals surface area contributed by atoms with Gasteiger partial charge in [0, 0.05) is 42.8 Å². The summed E-state index contributed by atoms with van der Waals surface area (Å²) >= 11 is 6.58. The van der Waals surface area contributed by atoms with Crippen LogP contribution in [0.3, 0.4) is 0 Å². The van der Waals surface area contributed by atoms with Crippen molar-refractivity contribution in [1.29, 1.82) is 0 Å². The second-order valence-corrected chi connectivity index (χ2v) is 17.7. The minimum Gasteiger partial charge on any atom is -0.344 e. The Hall–Kier alpha value is -6.56. The third-order valence-electron chi connectivity index (χ3n) is 11.0. The van der Waals surface area contributed by atoms with Gasteiger partial charge in [-0.25, -0.2) is 40.9 Å². The Morgan fingerprint density at radius 2 is 1.74 bits per heavy atom. The number of anilines is 1. The highest BCUT2D eigenvalue weighted by molar-refractivity contribution is 7.92. The molecule has 0 aliphatic heterocycles. The number of sulfonamides is 1. The number of hydrogen-bond donors (Lipinski definition) is 2. The number of aryl methyl sites for hydroxylation is 1. The number of nitrogens with one attached hydrogen (secondary N) is 2. The molecule has 2 aliphatic carbocycles. The fraction of sp³-hybridized carbons (Fsp3) is 0.275. The lowest BCUT2D eigenvalue weighted by Gasteiger charge is -2.24. The highest BCUT2D eigenvalue weighted by atomic mass is 35.5. The number of halogens is 10. The van der Waals surface area contributed by atoms with Crippen LogP contribution in [0.2, 0.25) is 5.02 Å². The van der Waals surface area contributed by atoms with Crippen molar-refractivity contribution in [3.63, 3.8) is 0 Å². The number of nitrogens with zero attached hydrogens (tertiary/aromatic N) is 8. The normalized spacial score (nSPS) is 17.1. The van der Waals surface area contributed by atoms with Crippen LogP contribution in [-0.2, 0) is 46.9 Å². The van der Waals surface area contributed by atoms with Crippen LogP contribution in [-0.4, -0.2) is 59.7 Å².